The van der Waals surface area contributed by atoms with Gasteiger partial charge in [-0.25, -0.2) is 0 Å². The molecule has 0 aromatic heterocycles. The molecule has 6 N–H and O–H groups in total. The van der Waals surface area contributed by atoms with Crippen LogP contribution in [-0.4, -0.2) is 40.6 Å². The maximum absolute atomic E-state index is 13.6. The van der Waals surface area contributed by atoms with Gasteiger partial charge in [0, 0.05) is 30.4 Å². The van der Waals surface area contributed by atoms with Crippen molar-refractivity contribution in [3.8, 4) is 5.75 Å². The van der Waals surface area contributed by atoms with Gasteiger partial charge in [0.25, 0.3) is 0 Å². The number of ketones is 1. The Labute approximate surface area is 176 Å². The molecule has 2 fully saturated rings. The highest BCUT2D eigenvalue weighted by molar-refractivity contribution is 5.90. The number of benzene rings is 1. The highest BCUT2D eigenvalue weighted by Gasteiger charge is 2.58. The predicted octanol–water partition coefficient (Wildman–Crippen LogP) is 1.50. The molecule has 0 spiro atoms. The molecule has 6 atom stereocenters. The molecule has 1 unspecified atom stereocenters. The van der Waals surface area contributed by atoms with E-state index in [4.69, 9.17) is 11.5 Å². The van der Waals surface area contributed by atoms with Crippen LogP contribution in [0.3, 0.4) is 0 Å². The molecule has 0 radical (unpaired) electrons. The summed E-state index contributed by atoms with van der Waals surface area (Å²) in [6.45, 7) is 0.0344. The topological polar surface area (TPSA) is 156 Å². The third-order valence-corrected chi connectivity index (χ3v) is 7.20. The fraction of sp³-hybridized carbons (Fsp3) is 0.636. The maximum Gasteiger partial charge on any atom is 0.218 e. The van der Waals surface area contributed by atoms with Gasteiger partial charge in [-0.1, -0.05) is 17.3 Å². The number of aliphatic hydroxyl groups is 1. The Hall–Kier alpha value is -2.32. The van der Waals surface area contributed by atoms with Crippen LogP contribution in [0.25, 0.3) is 0 Å². The van der Waals surface area contributed by atoms with E-state index in [2.05, 4.69) is 5.18 Å². The van der Waals surface area contributed by atoms with Crippen LogP contribution >= 0.6 is 0 Å². The lowest BCUT2D eigenvalue weighted by atomic mass is 9.49. The molecular formula is C22H31N3O5. The van der Waals surface area contributed by atoms with Crippen molar-refractivity contribution in [2.45, 2.75) is 44.1 Å². The first-order chi connectivity index (χ1) is 14.3. The number of aromatic hydroxyl groups is 1. The summed E-state index contributed by atoms with van der Waals surface area (Å²) in [4.78, 5) is 36.2. The number of nitrogens with zero attached hydrogens (tertiary/aromatic N) is 1. The van der Waals surface area contributed by atoms with Gasteiger partial charge in [-0.3, -0.25) is 9.59 Å². The number of fused-ring (bicyclic) bond motifs is 1. The minimum atomic E-state index is -0.786. The van der Waals surface area contributed by atoms with Gasteiger partial charge in [0.05, 0.1) is 6.54 Å². The average molecular weight is 418 g/mol. The van der Waals surface area contributed by atoms with Crippen LogP contribution in [-0.2, 0) is 16.0 Å². The molecule has 30 heavy (non-hydrogen) atoms. The van der Waals surface area contributed by atoms with E-state index in [1.54, 1.807) is 24.3 Å². The number of rotatable bonds is 8. The summed E-state index contributed by atoms with van der Waals surface area (Å²) in [5.41, 5.74) is 12.6. The second-order valence-corrected chi connectivity index (χ2v) is 8.95. The van der Waals surface area contributed by atoms with Crippen molar-refractivity contribution in [3.05, 3.63) is 34.7 Å². The van der Waals surface area contributed by atoms with Crippen molar-refractivity contribution in [3.63, 3.8) is 0 Å². The summed E-state index contributed by atoms with van der Waals surface area (Å²) < 4.78 is 0. The summed E-state index contributed by atoms with van der Waals surface area (Å²) in [6.07, 6.45) is 2.66. The minimum Gasteiger partial charge on any atom is -0.508 e. The summed E-state index contributed by atoms with van der Waals surface area (Å²) in [6, 6.07) is 6.73. The van der Waals surface area contributed by atoms with E-state index in [1.807, 2.05) is 0 Å². The Bertz CT molecular complexity index is 783. The molecule has 1 amide bonds. The molecule has 1 aromatic rings. The smallest absolute Gasteiger partial charge is 0.218 e. The van der Waals surface area contributed by atoms with Crippen molar-refractivity contribution in [2.24, 2.45) is 46.2 Å². The number of primary amides is 1. The summed E-state index contributed by atoms with van der Waals surface area (Å²) in [7, 11) is 0. The molecule has 0 bridgehead atoms. The zero-order valence-corrected chi connectivity index (χ0v) is 17.1. The third-order valence-electron chi connectivity index (χ3n) is 7.20. The third kappa shape index (κ3) is 4.39. The van der Waals surface area contributed by atoms with Crippen LogP contribution in [0.2, 0.25) is 0 Å². The lowest BCUT2D eigenvalue weighted by molar-refractivity contribution is -0.146. The van der Waals surface area contributed by atoms with E-state index in [0.29, 0.717) is 25.7 Å². The van der Waals surface area contributed by atoms with Gasteiger partial charge < -0.3 is 21.7 Å². The number of phenols is 1. The number of hydrogen-bond acceptors (Lipinski definition) is 7. The fourth-order valence-corrected chi connectivity index (χ4v) is 5.94. The van der Waals surface area contributed by atoms with Gasteiger partial charge in [0.2, 0.25) is 5.91 Å². The van der Waals surface area contributed by atoms with E-state index >= 15 is 0 Å². The summed E-state index contributed by atoms with van der Waals surface area (Å²) in [5, 5.41) is 22.3. The van der Waals surface area contributed by atoms with Gasteiger partial charge in [0.15, 0.2) is 0 Å². The van der Waals surface area contributed by atoms with Crippen LogP contribution < -0.4 is 11.5 Å². The predicted molar refractivity (Wildman–Crippen MR) is 111 cm³/mol. The van der Waals surface area contributed by atoms with Gasteiger partial charge in [-0.05, 0) is 67.6 Å². The standard InChI is InChI=1S/C22H31N3O5/c23-20(28)10-17-19(7-8-26)22(24)11-14(12-25-30)3-6-18(22)16(21(17)29)9-13-1-4-15(27)5-2-13/h1-2,4-5,14,16-19,26-27H,3,6-12,24H2,(H2,23,28)/t14-,16?,17+,18+,19+,22+/m1/s1. The lowest BCUT2D eigenvalue weighted by Crippen LogP contribution is -2.67. The van der Waals surface area contributed by atoms with Gasteiger partial charge in [0.1, 0.15) is 11.5 Å². The average Bonchev–Trinajstić information content (AvgIpc) is 2.69. The first-order valence-electron chi connectivity index (χ1n) is 10.6. The Morgan fingerprint density at radius 3 is 2.50 bits per heavy atom. The second kappa shape index (κ2) is 9.22. The normalized spacial score (nSPS) is 33.7. The van der Waals surface area contributed by atoms with Gasteiger partial charge in [-0.2, -0.15) is 4.91 Å². The van der Waals surface area contributed by atoms with Crippen molar-refractivity contribution < 1.29 is 19.8 Å². The first-order valence-corrected chi connectivity index (χ1v) is 10.6. The SMILES string of the molecule is NC(=O)C[C@@H]1C(=O)C(Cc2ccc(O)cc2)[C@@H]2CC[C@@H](CN=O)C[C@@]2(N)[C@H]1CCO. The Kier molecular flexibility index (Phi) is 6.88. The number of nitroso groups, excluding NO2 is 1. The molecule has 0 aliphatic heterocycles. The van der Waals surface area contributed by atoms with E-state index in [9.17, 15) is 24.7 Å². The van der Waals surface area contributed by atoms with E-state index < -0.39 is 17.4 Å². The lowest BCUT2D eigenvalue weighted by Gasteiger charge is -2.57. The highest BCUT2D eigenvalue weighted by Crippen LogP contribution is 2.53. The van der Waals surface area contributed by atoms with Crippen LogP contribution in [0, 0.1) is 34.5 Å². The molecule has 2 aliphatic rings. The minimum absolute atomic E-state index is 0.0293. The fourth-order valence-electron chi connectivity index (χ4n) is 5.94. The number of hydrogen-bond donors (Lipinski definition) is 4. The van der Waals surface area contributed by atoms with Crippen molar-refractivity contribution in [2.75, 3.05) is 13.2 Å². The molecule has 0 heterocycles. The van der Waals surface area contributed by atoms with Crippen LogP contribution in [0.5, 0.6) is 5.75 Å². The maximum atomic E-state index is 13.6. The number of carbonyl (C=O) groups excluding carboxylic acids is 2. The van der Waals surface area contributed by atoms with Crippen LogP contribution in [0.1, 0.15) is 37.7 Å². The Morgan fingerprint density at radius 1 is 1.20 bits per heavy atom. The molecule has 2 aliphatic carbocycles. The van der Waals surface area contributed by atoms with E-state index in [-0.39, 0.29) is 54.8 Å². The Morgan fingerprint density at radius 2 is 1.90 bits per heavy atom. The van der Waals surface area contributed by atoms with Crippen LogP contribution in [0.15, 0.2) is 29.4 Å². The van der Waals surface area contributed by atoms with Crippen LogP contribution in [0.4, 0.5) is 0 Å². The monoisotopic (exact) mass is 417 g/mol. The number of Topliss-reactive ketones (excluding diaryl/α,β-unsaturated/α-hetero) is 1. The number of phenolic OH excluding ortho intramolecular Hbond substituents is 1. The molecule has 0 saturated heterocycles. The van der Waals surface area contributed by atoms with E-state index in [1.165, 1.54) is 0 Å². The van der Waals surface area contributed by atoms with Crippen molar-refractivity contribution in [1.82, 2.24) is 0 Å². The molecular weight excluding hydrogens is 386 g/mol. The number of nitrogens with two attached hydrogens (primary N) is 2. The molecule has 8 heteroatoms. The number of carbonyl (C=O) groups is 2. The Balaban J connectivity index is 1.99. The molecule has 2 saturated carbocycles. The van der Waals surface area contributed by atoms with Crippen molar-refractivity contribution >= 4 is 11.7 Å². The summed E-state index contributed by atoms with van der Waals surface area (Å²) in [5.74, 6) is -1.95. The molecule has 164 valence electrons. The zero-order chi connectivity index (χ0) is 21.9. The van der Waals surface area contributed by atoms with E-state index in [0.717, 1.165) is 12.0 Å². The highest BCUT2D eigenvalue weighted by atomic mass is 16.3. The van der Waals surface area contributed by atoms with Gasteiger partial charge in [-0.15, -0.1) is 0 Å². The quantitative estimate of drug-likeness (QED) is 0.470. The largest absolute Gasteiger partial charge is 0.508 e. The van der Waals surface area contributed by atoms with Crippen molar-refractivity contribution in [1.29, 1.82) is 0 Å². The van der Waals surface area contributed by atoms with Gasteiger partial charge >= 0.3 is 0 Å². The number of amides is 1. The zero-order valence-electron chi connectivity index (χ0n) is 17.1. The summed E-state index contributed by atoms with van der Waals surface area (Å²) >= 11 is 0. The molecule has 1 aromatic carbocycles. The first kappa shape index (κ1) is 22.4. The molecule has 8 nitrogen and oxygen atoms in total. The second-order valence-electron chi connectivity index (χ2n) is 8.95. The number of aliphatic hydroxyl groups excluding tert-OH is 1. The molecule has 3 rings (SSSR count).